The molecule has 0 aliphatic rings. The number of hydrazone groups is 1. The van der Waals surface area contributed by atoms with Gasteiger partial charge in [0.15, 0.2) is 0 Å². The standard InChI is InChI=1S/C16H16N2O3/c1-2-21-13-9-7-12(8-10-13)11-17-18-15-6-4-3-5-14(15)16(19)20/h3-11,18H,2H2,1H3,(H,19,20)/b17-11+. The summed E-state index contributed by atoms with van der Waals surface area (Å²) in [7, 11) is 0. The van der Waals surface area contributed by atoms with Crippen LogP contribution in [0.25, 0.3) is 0 Å². The van der Waals surface area contributed by atoms with Crippen molar-refractivity contribution in [3.05, 3.63) is 59.7 Å². The molecule has 2 aromatic rings. The molecule has 0 unspecified atom stereocenters. The van der Waals surface area contributed by atoms with Crippen molar-refractivity contribution >= 4 is 17.9 Å². The predicted molar refractivity (Wildman–Crippen MR) is 82.2 cm³/mol. The third-order valence-electron chi connectivity index (χ3n) is 2.75. The molecule has 0 spiro atoms. The lowest BCUT2D eigenvalue weighted by atomic mass is 10.2. The average molecular weight is 284 g/mol. The summed E-state index contributed by atoms with van der Waals surface area (Å²) in [5.41, 5.74) is 4.26. The lowest BCUT2D eigenvalue weighted by Gasteiger charge is -2.04. The van der Waals surface area contributed by atoms with E-state index in [0.717, 1.165) is 11.3 Å². The maximum absolute atomic E-state index is 11.0. The maximum atomic E-state index is 11.0. The Bertz CT molecular complexity index is 636. The van der Waals surface area contributed by atoms with Crippen molar-refractivity contribution in [2.45, 2.75) is 6.92 Å². The lowest BCUT2D eigenvalue weighted by molar-refractivity contribution is 0.0698. The monoisotopic (exact) mass is 284 g/mol. The first-order chi connectivity index (χ1) is 10.2. The molecular weight excluding hydrogens is 268 g/mol. The van der Waals surface area contributed by atoms with Gasteiger partial charge in [-0.05, 0) is 48.9 Å². The van der Waals surface area contributed by atoms with Gasteiger partial charge in [0.25, 0.3) is 0 Å². The van der Waals surface area contributed by atoms with Crippen LogP contribution in [0, 0.1) is 0 Å². The minimum absolute atomic E-state index is 0.182. The number of hydrogen-bond donors (Lipinski definition) is 2. The van der Waals surface area contributed by atoms with Crippen LogP contribution in [-0.4, -0.2) is 23.9 Å². The van der Waals surface area contributed by atoms with Crippen molar-refractivity contribution in [2.24, 2.45) is 5.10 Å². The minimum atomic E-state index is -0.991. The largest absolute Gasteiger partial charge is 0.494 e. The normalized spacial score (nSPS) is 10.5. The molecule has 5 nitrogen and oxygen atoms in total. The lowest BCUT2D eigenvalue weighted by Crippen LogP contribution is -2.02. The fraction of sp³-hybridized carbons (Fsp3) is 0.125. The molecule has 2 aromatic carbocycles. The van der Waals surface area contributed by atoms with Crippen LogP contribution in [0.1, 0.15) is 22.8 Å². The molecule has 0 atom stereocenters. The highest BCUT2D eigenvalue weighted by molar-refractivity contribution is 5.94. The van der Waals surface area contributed by atoms with E-state index in [1.165, 1.54) is 6.07 Å². The number of para-hydroxylation sites is 1. The van der Waals surface area contributed by atoms with E-state index >= 15 is 0 Å². The Kier molecular flexibility index (Phi) is 4.93. The zero-order valence-electron chi connectivity index (χ0n) is 11.6. The van der Waals surface area contributed by atoms with Gasteiger partial charge in [0.05, 0.1) is 24.1 Å². The van der Waals surface area contributed by atoms with Crippen molar-refractivity contribution in [2.75, 3.05) is 12.0 Å². The number of carboxylic acid groups (broad SMARTS) is 1. The topological polar surface area (TPSA) is 70.9 Å². The van der Waals surface area contributed by atoms with Crippen LogP contribution >= 0.6 is 0 Å². The fourth-order valence-corrected chi connectivity index (χ4v) is 1.76. The smallest absolute Gasteiger partial charge is 0.337 e. The number of nitrogens with zero attached hydrogens (tertiary/aromatic N) is 1. The van der Waals surface area contributed by atoms with Crippen LogP contribution in [0.2, 0.25) is 0 Å². The van der Waals surface area contributed by atoms with E-state index in [2.05, 4.69) is 10.5 Å². The quantitative estimate of drug-likeness (QED) is 0.631. The molecule has 0 radical (unpaired) electrons. The van der Waals surface area contributed by atoms with Crippen molar-refractivity contribution in [3.8, 4) is 5.75 Å². The second-order valence-electron chi connectivity index (χ2n) is 4.22. The van der Waals surface area contributed by atoms with E-state index in [4.69, 9.17) is 9.84 Å². The number of rotatable bonds is 6. The molecule has 108 valence electrons. The number of carbonyl (C=O) groups is 1. The molecule has 0 amide bonds. The molecule has 0 saturated heterocycles. The molecule has 0 aliphatic carbocycles. The highest BCUT2D eigenvalue weighted by Crippen LogP contribution is 2.15. The van der Waals surface area contributed by atoms with Gasteiger partial charge >= 0.3 is 5.97 Å². The number of aromatic carboxylic acids is 1. The van der Waals surface area contributed by atoms with Crippen molar-refractivity contribution in [3.63, 3.8) is 0 Å². The third-order valence-corrected chi connectivity index (χ3v) is 2.75. The van der Waals surface area contributed by atoms with Gasteiger partial charge in [-0.15, -0.1) is 0 Å². The highest BCUT2D eigenvalue weighted by Gasteiger charge is 2.07. The molecule has 2 rings (SSSR count). The highest BCUT2D eigenvalue weighted by atomic mass is 16.5. The fourth-order valence-electron chi connectivity index (χ4n) is 1.76. The van der Waals surface area contributed by atoms with Crippen molar-refractivity contribution < 1.29 is 14.6 Å². The van der Waals surface area contributed by atoms with Gasteiger partial charge in [-0.25, -0.2) is 4.79 Å². The minimum Gasteiger partial charge on any atom is -0.494 e. The number of ether oxygens (including phenoxy) is 1. The van der Waals surface area contributed by atoms with Gasteiger partial charge in [0, 0.05) is 0 Å². The van der Waals surface area contributed by atoms with Crippen LogP contribution in [0.3, 0.4) is 0 Å². The second-order valence-corrected chi connectivity index (χ2v) is 4.22. The average Bonchev–Trinajstić information content (AvgIpc) is 2.50. The molecular formula is C16H16N2O3. The molecule has 0 heterocycles. The van der Waals surface area contributed by atoms with Crippen LogP contribution in [0.5, 0.6) is 5.75 Å². The Morgan fingerprint density at radius 2 is 1.95 bits per heavy atom. The molecule has 0 aliphatic heterocycles. The summed E-state index contributed by atoms with van der Waals surface area (Å²) in [6.45, 7) is 2.56. The number of nitrogens with one attached hydrogen (secondary N) is 1. The molecule has 5 heteroatoms. The molecule has 0 fully saturated rings. The summed E-state index contributed by atoms with van der Waals surface area (Å²) in [5, 5.41) is 13.1. The Hall–Kier alpha value is -2.82. The summed E-state index contributed by atoms with van der Waals surface area (Å²) >= 11 is 0. The zero-order chi connectivity index (χ0) is 15.1. The Morgan fingerprint density at radius 1 is 1.24 bits per heavy atom. The van der Waals surface area contributed by atoms with E-state index < -0.39 is 5.97 Å². The Morgan fingerprint density at radius 3 is 2.62 bits per heavy atom. The van der Waals surface area contributed by atoms with Gasteiger partial charge in [0.2, 0.25) is 0 Å². The number of carboxylic acids is 1. The summed E-state index contributed by atoms with van der Waals surface area (Å²) in [6, 6.07) is 14.1. The summed E-state index contributed by atoms with van der Waals surface area (Å²) < 4.78 is 5.35. The van der Waals surface area contributed by atoms with Gasteiger partial charge in [-0.1, -0.05) is 12.1 Å². The molecule has 21 heavy (non-hydrogen) atoms. The van der Waals surface area contributed by atoms with Gasteiger partial charge in [0.1, 0.15) is 5.75 Å². The van der Waals surface area contributed by atoms with Crippen LogP contribution < -0.4 is 10.2 Å². The van der Waals surface area contributed by atoms with Gasteiger partial charge in [-0.3, -0.25) is 5.43 Å². The van der Waals surface area contributed by atoms with Crippen LogP contribution in [0.4, 0.5) is 5.69 Å². The van der Waals surface area contributed by atoms with Crippen molar-refractivity contribution in [1.29, 1.82) is 0 Å². The third kappa shape index (κ3) is 4.07. The van der Waals surface area contributed by atoms with Crippen LogP contribution in [-0.2, 0) is 0 Å². The molecule has 0 aromatic heterocycles. The van der Waals surface area contributed by atoms with E-state index in [-0.39, 0.29) is 5.56 Å². The summed E-state index contributed by atoms with van der Waals surface area (Å²) in [4.78, 5) is 11.0. The first-order valence-corrected chi connectivity index (χ1v) is 6.55. The first kappa shape index (κ1) is 14.6. The predicted octanol–water partition coefficient (Wildman–Crippen LogP) is 3.23. The SMILES string of the molecule is CCOc1ccc(/C=N/Nc2ccccc2C(=O)O)cc1. The van der Waals surface area contributed by atoms with E-state index in [9.17, 15) is 4.79 Å². The van der Waals surface area contributed by atoms with E-state index in [1.807, 2.05) is 31.2 Å². The maximum Gasteiger partial charge on any atom is 0.337 e. The van der Waals surface area contributed by atoms with Crippen LogP contribution in [0.15, 0.2) is 53.6 Å². The first-order valence-electron chi connectivity index (χ1n) is 6.55. The van der Waals surface area contributed by atoms with E-state index in [1.54, 1.807) is 24.4 Å². The number of benzene rings is 2. The Balaban J connectivity index is 2.04. The summed E-state index contributed by atoms with van der Waals surface area (Å²) in [6.07, 6.45) is 1.62. The summed E-state index contributed by atoms with van der Waals surface area (Å²) in [5.74, 6) is -0.187. The van der Waals surface area contributed by atoms with Gasteiger partial charge in [-0.2, -0.15) is 5.10 Å². The second kappa shape index (κ2) is 7.09. The van der Waals surface area contributed by atoms with E-state index in [0.29, 0.717) is 12.3 Å². The molecule has 0 saturated carbocycles. The molecule has 0 bridgehead atoms. The van der Waals surface area contributed by atoms with Gasteiger partial charge < -0.3 is 9.84 Å². The number of anilines is 1. The number of hydrogen-bond acceptors (Lipinski definition) is 4. The zero-order valence-corrected chi connectivity index (χ0v) is 11.6. The Labute approximate surface area is 122 Å². The van der Waals surface area contributed by atoms with Crippen molar-refractivity contribution in [1.82, 2.24) is 0 Å². The molecule has 2 N–H and O–H groups in total.